The molecule has 0 bridgehead atoms. The Kier molecular flexibility index (Phi) is 4.49. The van der Waals surface area contributed by atoms with E-state index in [1.807, 2.05) is 12.3 Å². The van der Waals surface area contributed by atoms with Crippen LogP contribution in [0.2, 0.25) is 0 Å². The molecule has 1 fully saturated rings. The Balaban J connectivity index is 1.99. The number of amides is 1. The van der Waals surface area contributed by atoms with Gasteiger partial charge in [0.15, 0.2) is 0 Å². The smallest absolute Gasteiger partial charge is 0.246 e. The van der Waals surface area contributed by atoms with E-state index in [9.17, 15) is 4.79 Å². The van der Waals surface area contributed by atoms with Crippen LogP contribution in [0.1, 0.15) is 23.5 Å². The van der Waals surface area contributed by atoms with Gasteiger partial charge in [0.1, 0.15) is 5.01 Å². The van der Waals surface area contributed by atoms with Crippen molar-refractivity contribution in [3.05, 3.63) is 28.7 Å². The minimum atomic E-state index is -0.0571. The van der Waals surface area contributed by atoms with Crippen molar-refractivity contribution in [1.29, 1.82) is 0 Å². The largest absolute Gasteiger partial charge is 0.376 e. The number of aryl methyl sites for hydroxylation is 1. The summed E-state index contributed by atoms with van der Waals surface area (Å²) in [6.07, 6.45) is 3.62. The third-order valence-electron chi connectivity index (χ3n) is 2.93. The van der Waals surface area contributed by atoms with Crippen molar-refractivity contribution in [2.24, 2.45) is 0 Å². The Hall–Kier alpha value is -1.20. The van der Waals surface area contributed by atoms with Crippen LogP contribution in [0, 0.1) is 6.92 Å². The van der Waals surface area contributed by atoms with Gasteiger partial charge in [-0.1, -0.05) is 6.58 Å². The van der Waals surface area contributed by atoms with Gasteiger partial charge in [-0.25, -0.2) is 4.98 Å². The summed E-state index contributed by atoms with van der Waals surface area (Å²) in [7, 11) is 0. The second kappa shape index (κ2) is 6.11. The third-order valence-corrected chi connectivity index (χ3v) is 3.88. The topological polar surface area (TPSA) is 42.4 Å². The van der Waals surface area contributed by atoms with Gasteiger partial charge in [-0.3, -0.25) is 4.79 Å². The maximum absolute atomic E-state index is 11.8. The molecule has 0 N–H and O–H groups in total. The highest BCUT2D eigenvalue weighted by Gasteiger charge is 2.22. The number of hydrogen-bond donors (Lipinski definition) is 0. The zero-order valence-electron chi connectivity index (χ0n) is 10.6. The summed E-state index contributed by atoms with van der Waals surface area (Å²) in [5.74, 6) is -0.0571. The molecule has 4 nitrogen and oxygen atoms in total. The lowest BCUT2D eigenvalue weighted by Gasteiger charge is -2.23. The van der Waals surface area contributed by atoms with Crippen LogP contribution >= 0.6 is 11.3 Å². The molecule has 0 spiro atoms. The van der Waals surface area contributed by atoms with Crippen LogP contribution in [0.25, 0.3) is 0 Å². The summed E-state index contributed by atoms with van der Waals surface area (Å²) in [5, 5.41) is 2.96. The second-order valence-corrected chi connectivity index (χ2v) is 5.38. The first-order valence-corrected chi connectivity index (χ1v) is 7.01. The summed E-state index contributed by atoms with van der Waals surface area (Å²) in [4.78, 5) is 18.0. The van der Waals surface area contributed by atoms with Crippen LogP contribution < -0.4 is 0 Å². The molecule has 1 amide bonds. The molecule has 0 saturated carbocycles. The van der Waals surface area contributed by atoms with E-state index in [-0.39, 0.29) is 12.0 Å². The fraction of sp³-hybridized carbons (Fsp3) is 0.538. The molecule has 1 saturated heterocycles. The summed E-state index contributed by atoms with van der Waals surface area (Å²) in [5.41, 5.74) is 0.998. The van der Waals surface area contributed by atoms with E-state index in [0.29, 0.717) is 13.1 Å². The number of carbonyl (C=O) groups excluding carboxylic acids is 1. The van der Waals surface area contributed by atoms with Gasteiger partial charge in [0.25, 0.3) is 0 Å². The fourth-order valence-corrected chi connectivity index (χ4v) is 2.82. The monoisotopic (exact) mass is 266 g/mol. The average molecular weight is 266 g/mol. The number of thiazole rings is 1. The number of carbonyl (C=O) groups is 1. The lowest BCUT2D eigenvalue weighted by molar-refractivity contribution is -0.128. The van der Waals surface area contributed by atoms with Gasteiger partial charge in [-0.15, -0.1) is 11.3 Å². The van der Waals surface area contributed by atoms with Gasteiger partial charge in [0.2, 0.25) is 5.91 Å². The molecule has 2 rings (SSSR count). The zero-order chi connectivity index (χ0) is 13.0. The van der Waals surface area contributed by atoms with Crippen LogP contribution in [0.3, 0.4) is 0 Å². The second-order valence-electron chi connectivity index (χ2n) is 4.44. The van der Waals surface area contributed by atoms with E-state index < -0.39 is 0 Å². The standard InChI is InChI=1S/C13H18N2O2S/c1-3-13(16)15(7-11-5-4-6-17-11)8-12-14-10(2)9-18-12/h3,9,11H,1,4-8H2,2H3. The molecule has 0 radical (unpaired) electrons. The SMILES string of the molecule is C=CC(=O)N(Cc1nc(C)cs1)CC1CCCO1. The number of aromatic nitrogens is 1. The number of ether oxygens (including phenoxy) is 1. The summed E-state index contributed by atoms with van der Waals surface area (Å²) >= 11 is 1.58. The van der Waals surface area contributed by atoms with Gasteiger partial charge < -0.3 is 9.64 Å². The van der Waals surface area contributed by atoms with E-state index in [0.717, 1.165) is 30.2 Å². The van der Waals surface area contributed by atoms with Crippen LogP contribution in [0.4, 0.5) is 0 Å². The van der Waals surface area contributed by atoms with E-state index in [1.165, 1.54) is 6.08 Å². The minimum Gasteiger partial charge on any atom is -0.376 e. The fourth-order valence-electron chi connectivity index (χ4n) is 2.03. The Morgan fingerprint density at radius 1 is 1.78 bits per heavy atom. The molecule has 2 heterocycles. The lowest BCUT2D eigenvalue weighted by Crippen LogP contribution is -2.35. The molecule has 0 aromatic carbocycles. The molecular weight excluding hydrogens is 248 g/mol. The number of nitrogens with zero attached hydrogens (tertiary/aromatic N) is 2. The van der Waals surface area contributed by atoms with Crippen molar-refractivity contribution in [2.45, 2.75) is 32.4 Å². The van der Waals surface area contributed by atoms with Gasteiger partial charge >= 0.3 is 0 Å². The molecule has 1 aliphatic rings. The van der Waals surface area contributed by atoms with E-state index >= 15 is 0 Å². The Bertz CT molecular complexity index is 424. The van der Waals surface area contributed by atoms with Crippen LogP contribution in [-0.4, -0.2) is 35.0 Å². The Morgan fingerprint density at radius 3 is 3.17 bits per heavy atom. The van der Waals surface area contributed by atoms with Gasteiger partial charge in [-0.2, -0.15) is 0 Å². The van der Waals surface area contributed by atoms with Crippen LogP contribution in [-0.2, 0) is 16.1 Å². The van der Waals surface area contributed by atoms with E-state index in [4.69, 9.17) is 4.74 Å². The molecule has 1 aromatic rings. The predicted octanol–water partition coefficient (Wildman–Crippen LogP) is 2.15. The molecule has 1 aliphatic heterocycles. The van der Waals surface area contributed by atoms with Crippen molar-refractivity contribution in [3.8, 4) is 0 Å². The number of hydrogen-bond acceptors (Lipinski definition) is 4. The van der Waals surface area contributed by atoms with Gasteiger partial charge in [0.05, 0.1) is 12.6 Å². The van der Waals surface area contributed by atoms with Crippen molar-refractivity contribution in [2.75, 3.05) is 13.2 Å². The zero-order valence-corrected chi connectivity index (χ0v) is 11.4. The molecule has 5 heteroatoms. The average Bonchev–Trinajstić information content (AvgIpc) is 2.99. The molecule has 1 unspecified atom stereocenters. The van der Waals surface area contributed by atoms with Gasteiger partial charge in [-0.05, 0) is 25.8 Å². The Labute approximate surface area is 111 Å². The highest BCUT2D eigenvalue weighted by atomic mass is 32.1. The molecule has 18 heavy (non-hydrogen) atoms. The molecular formula is C13H18N2O2S. The van der Waals surface area contributed by atoms with Crippen molar-refractivity contribution < 1.29 is 9.53 Å². The normalized spacial score (nSPS) is 18.8. The summed E-state index contributed by atoms with van der Waals surface area (Å²) in [6, 6.07) is 0. The highest BCUT2D eigenvalue weighted by molar-refractivity contribution is 7.09. The summed E-state index contributed by atoms with van der Waals surface area (Å²) < 4.78 is 5.58. The Morgan fingerprint density at radius 2 is 2.61 bits per heavy atom. The highest BCUT2D eigenvalue weighted by Crippen LogP contribution is 2.17. The molecule has 0 aliphatic carbocycles. The first-order valence-electron chi connectivity index (χ1n) is 6.13. The van der Waals surface area contributed by atoms with Crippen molar-refractivity contribution in [3.63, 3.8) is 0 Å². The lowest BCUT2D eigenvalue weighted by atomic mass is 10.2. The molecule has 98 valence electrons. The molecule has 1 aromatic heterocycles. The molecule has 1 atom stereocenters. The van der Waals surface area contributed by atoms with E-state index in [1.54, 1.807) is 16.2 Å². The van der Waals surface area contributed by atoms with Gasteiger partial charge in [0, 0.05) is 24.2 Å². The van der Waals surface area contributed by atoms with Crippen LogP contribution in [0.15, 0.2) is 18.0 Å². The maximum Gasteiger partial charge on any atom is 0.246 e. The quantitative estimate of drug-likeness (QED) is 0.767. The maximum atomic E-state index is 11.8. The van der Waals surface area contributed by atoms with Crippen molar-refractivity contribution in [1.82, 2.24) is 9.88 Å². The van der Waals surface area contributed by atoms with E-state index in [2.05, 4.69) is 11.6 Å². The minimum absolute atomic E-state index is 0.0571. The van der Waals surface area contributed by atoms with Crippen LogP contribution in [0.5, 0.6) is 0 Å². The summed E-state index contributed by atoms with van der Waals surface area (Å²) in [6.45, 7) is 7.49. The number of rotatable bonds is 5. The third kappa shape index (κ3) is 3.40. The first-order chi connectivity index (χ1) is 8.69. The van der Waals surface area contributed by atoms with Crippen molar-refractivity contribution >= 4 is 17.2 Å². The first kappa shape index (κ1) is 13.2. The predicted molar refractivity (Wildman–Crippen MR) is 71.4 cm³/mol.